The van der Waals surface area contributed by atoms with Crippen LogP contribution in [0.15, 0.2) is 12.3 Å². The second-order valence-electron chi connectivity index (χ2n) is 4.94. The van der Waals surface area contributed by atoms with Crippen molar-refractivity contribution >= 4 is 11.7 Å². The number of aromatic nitrogens is 2. The van der Waals surface area contributed by atoms with E-state index < -0.39 is 5.54 Å². The fraction of sp³-hybridized carbons (Fsp3) is 0.636. The van der Waals surface area contributed by atoms with Gasteiger partial charge in [0.15, 0.2) is 5.82 Å². The number of hydrogen-bond donors (Lipinski definition) is 2. The van der Waals surface area contributed by atoms with E-state index in [1.54, 1.807) is 24.6 Å². The lowest BCUT2D eigenvalue weighted by atomic mass is 10.1. The van der Waals surface area contributed by atoms with E-state index in [0.717, 1.165) is 13.1 Å². The van der Waals surface area contributed by atoms with Crippen LogP contribution in [0.5, 0.6) is 0 Å². The maximum absolute atomic E-state index is 11.6. The van der Waals surface area contributed by atoms with Crippen molar-refractivity contribution in [3.8, 4) is 0 Å². The summed E-state index contributed by atoms with van der Waals surface area (Å²) in [5.74, 6) is 0.294. The molecule has 1 amide bonds. The van der Waals surface area contributed by atoms with E-state index in [0.29, 0.717) is 5.82 Å². The number of rotatable bonds is 5. The Morgan fingerprint density at radius 1 is 1.59 bits per heavy atom. The Balaban J connectivity index is 2.54. The zero-order valence-electron chi connectivity index (χ0n) is 10.9. The average molecular weight is 239 g/mol. The first kappa shape index (κ1) is 13.7. The highest BCUT2D eigenvalue weighted by Crippen LogP contribution is 2.06. The van der Waals surface area contributed by atoms with Crippen LogP contribution >= 0.6 is 0 Å². The molecule has 96 valence electrons. The molecule has 0 unspecified atom stereocenters. The smallest absolute Gasteiger partial charge is 0.245 e. The molecule has 0 saturated heterocycles. The zero-order chi connectivity index (χ0) is 13.1. The Labute approximate surface area is 102 Å². The highest BCUT2D eigenvalue weighted by Gasteiger charge is 2.22. The van der Waals surface area contributed by atoms with Crippen LogP contribution in [0, 0.1) is 0 Å². The molecule has 0 atom stereocenters. The third-order valence-corrected chi connectivity index (χ3v) is 2.24. The predicted molar refractivity (Wildman–Crippen MR) is 67.7 cm³/mol. The first-order valence-corrected chi connectivity index (χ1v) is 5.57. The summed E-state index contributed by atoms with van der Waals surface area (Å²) in [6.45, 7) is 5.00. The van der Waals surface area contributed by atoms with Gasteiger partial charge in [-0.2, -0.15) is 5.10 Å². The van der Waals surface area contributed by atoms with Crippen LogP contribution in [0.2, 0.25) is 0 Å². The summed E-state index contributed by atoms with van der Waals surface area (Å²) in [7, 11) is 4.01. The maximum Gasteiger partial charge on any atom is 0.245 e. The molecule has 0 aliphatic heterocycles. The lowest BCUT2D eigenvalue weighted by molar-refractivity contribution is -0.120. The van der Waals surface area contributed by atoms with Crippen molar-refractivity contribution in [1.82, 2.24) is 14.7 Å². The van der Waals surface area contributed by atoms with E-state index in [9.17, 15) is 4.79 Å². The molecule has 0 aliphatic carbocycles. The Morgan fingerprint density at radius 3 is 2.76 bits per heavy atom. The molecule has 0 radical (unpaired) electrons. The summed E-state index contributed by atoms with van der Waals surface area (Å²) in [4.78, 5) is 13.7. The Kier molecular flexibility index (Phi) is 4.25. The molecule has 0 spiro atoms. The second-order valence-corrected chi connectivity index (χ2v) is 4.94. The summed E-state index contributed by atoms with van der Waals surface area (Å²) in [6, 6.07) is 1.76. The van der Waals surface area contributed by atoms with Gasteiger partial charge in [0.05, 0.1) is 12.1 Å². The van der Waals surface area contributed by atoms with Gasteiger partial charge in [0, 0.05) is 18.8 Å². The minimum Gasteiger partial charge on any atom is -0.318 e. The van der Waals surface area contributed by atoms with Gasteiger partial charge < -0.3 is 16.0 Å². The monoisotopic (exact) mass is 239 g/mol. The topological polar surface area (TPSA) is 76.2 Å². The number of likely N-dealkylation sites (N-methyl/N-ethyl adjacent to an activating group) is 1. The summed E-state index contributed by atoms with van der Waals surface area (Å²) >= 11 is 0. The van der Waals surface area contributed by atoms with E-state index in [1.807, 2.05) is 20.3 Å². The van der Waals surface area contributed by atoms with Gasteiger partial charge in [0.2, 0.25) is 5.91 Å². The van der Waals surface area contributed by atoms with Crippen molar-refractivity contribution in [2.75, 3.05) is 26.0 Å². The molecule has 3 N–H and O–H groups in total. The summed E-state index contributed by atoms with van der Waals surface area (Å²) in [5.41, 5.74) is 4.78. The average Bonchev–Trinajstić information content (AvgIpc) is 2.61. The second kappa shape index (κ2) is 5.29. The number of nitrogens with two attached hydrogens (primary N) is 1. The van der Waals surface area contributed by atoms with Crippen LogP contribution < -0.4 is 11.1 Å². The number of nitrogens with zero attached hydrogens (tertiary/aromatic N) is 3. The van der Waals surface area contributed by atoms with Gasteiger partial charge >= 0.3 is 0 Å². The van der Waals surface area contributed by atoms with E-state index >= 15 is 0 Å². The predicted octanol–water partition coefficient (Wildman–Crippen LogP) is 0.121. The quantitative estimate of drug-likeness (QED) is 0.765. The van der Waals surface area contributed by atoms with Gasteiger partial charge in [0.1, 0.15) is 0 Å². The van der Waals surface area contributed by atoms with Crippen molar-refractivity contribution in [2.24, 2.45) is 5.73 Å². The van der Waals surface area contributed by atoms with Gasteiger partial charge in [0.25, 0.3) is 0 Å². The standard InChI is InChI=1S/C11H21N5O/c1-11(2,12)10(17)13-9-5-6-16(14-9)8-7-15(3)4/h5-6H,7-8,12H2,1-4H3,(H,13,14,17). The van der Waals surface area contributed by atoms with Gasteiger partial charge in [-0.15, -0.1) is 0 Å². The number of hydrogen-bond acceptors (Lipinski definition) is 4. The molecule has 0 fully saturated rings. The Hall–Kier alpha value is -1.40. The van der Waals surface area contributed by atoms with Crippen LogP contribution in [0.4, 0.5) is 5.82 Å². The van der Waals surface area contributed by atoms with Crippen LogP contribution in [0.1, 0.15) is 13.8 Å². The van der Waals surface area contributed by atoms with Crippen molar-refractivity contribution in [3.05, 3.63) is 12.3 Å². The Morgan fingerprint density at radius 2 is 2.24 bits per heavy atom. The largest absolute Gasteiger partial charge is 0.318 e. The van der Waals surface area contributed by atoms with Gasteiger partial charge in [-0.25, -0.2) is 0 Å². The summed E-state index contributed by atoms with van der Waals surface area (Å²) < 4.78 is 1.79. The molecule has 0 aromatic carbocycles. The molecular weight excluding hydrogens is 218 g/mol. The van der Waals surface area contributed by atoms with Crippen LogP contribution in [0.25, 0.3) is 0 Å². The lowest BCUT2D eigenvalue weighted by Gasteiger charge is -2.16. The third-order valence-electron chi connectivity index (χ3n) is 2.24. The van der Waals surface area contributed by atoms with E-state index in [1.165, 1.54) is 0 Å². The Bertz CT molecular complexity index is 377. The number of carbonyl (C=O) groups is 1. The van der Waals surface area contributed by atoms with Crippen LogP contribution in [0.3, 0.4) is 0 Å². The molecule has 1 rings (SSSR count). The number of nitrogens with one attached hydrogen (secondary N) is 1. The molecule has 1 aromatic heterocycles. The summed E-state index contributed by atoms with van der Waals surface area (Å²) in [5, 5.41) is 6.92. The molecule has 0 saturated carbocycles. The normalized spacial score (nSPS) is 11.9. The fourth-order valence-corrected chi connectivity index (χ4v) is 1.13. The minimum atomic E-state index is -0.895. The highest BCUT2D eigenvalue weighted by atomic mass is 16.2. The van der Waals surface area contributed by atoms with Crippen molar-refractivity contribution in [2.45, 2.75) is 25.9 Å². The highest BCUT2D eigenvalue weighted by molar-refractivity contribution is 5.96. The molecule has 6 nitrogen and oxygen atoms in total. The number of amides is 1. The number of carbonyl (C=O) groups excluding carboxylic acids is 1. The molecule has 0 aliphatic rings. The molecule has 1 heterocycles. The third kappa shape index (κ3) is 4.54. The van der Waals surface area contributed by atoms with Crippen molar-refractivity contribution < 1.29 is 4.79 Å². The maximum atomic E-state index is 11.6. The van der Waals surface area contributed by atoms with E-state index in [4.69, 9.17) is 5.73 Å². The molecule has 17 heavy (non-hydrogen) atoms. The van der Waals surface area contributed by atoms with Crippen LogP contribution in [-0.4, -0.2) is 46.8 Å². The fourth-order valence-electron chi connectivity index (χ4n) is 1.13. The van der Waals surface area contributed by atoms with Gasteiger partial charge in [-0.3, -0.25) is 9.48 Å². The molecule has 6 heteroatoms. The molecule has 1 aromatic rings. The minimum absolute atomic E-state index is 0.240. The first-order valence-electron chi connectivity index (χ1n) is 5.57. The molecule has 0 bridgehead atoms. The number of anilines is 1. The van der Waals surface area contributed by atoms with Crippen molar-refractivity contribution in [1.29, 1.82) is 0 Å². The summed E-state index contributed by atoms with van der Waals surface area (Å²) in [6.07, 6.45) is 1.84. The lowest BCUT2D eigenvalue weighted by Crippen LogP contribution is -2.45. The van der Waals surface area contributed by atoms with Gasteiger partial charge in [-0.05, 0) is 27.9 Å². The van der Waals surface area contributed by atoms with E-state index in [-0.39, 0.29) is 5.91 Å². The zero-order valence-corrected chi connectivity index (χ0v) is 10.9. The SMILES string of the molecule is CN(C)CCn1ccc(NC(=O)C(C)(C)N)n1. The van der Waals surface area contributed by atoms with Crippen LogP contribution in [-0.2, 0) is 11.3 Å². The molecular formula is C11H21N5O. The van der Waals surface area contributed by atoms with Gasteiger partial charge in [-0.1, -0.05) is 0 Å². The van der Waals surface area contributed by atoms with Crippen molar-refractivity contribution in [3.63, 3.8) is 0 Å². The van der Waals surface area contributed by atoms with E-state index in [2.05, 4.69) is 15.3 Å². The first-order chi connectivity index (χ1) is 7.79.